The van der Waals surface area contributed by atoms with E-state index in [1.165, 1.54) is 9.71 Å². The summed E-state index contributed by atoms with van der Waals surface area (Å²) in [6.07, 6.45) is 0.939. The number of nitrogens with one attached hydrogen (secondary N) is 1. The first-order chi connectivity index (χ1) is 10.2. The van der Waals surface area contributed by atoms with E-state index >= 15 is 0 Å². The van der Waals surface area contributed by atoms with Gasteiger partial charge >= 0.3 is 0 Å². The van der Waals surface area contributed by atoms with Crippen LogP contribution in [-0.4, -0.2) is 11.5 Å². The minimum absolute atomic E-state index is 0.244. The van der Waals surface area contributed by atoms with E-state index < -0.39 is 0 Å². The van der Waals surface area contributed by atoms with Gasteiger partial charge < -0.3 is 5.32 Å². The Morgan fingerprint density at radius 1 is 1.14 bits per heavy atom. The average Bonchev–Trinajstić information content (AvgIpc) is 2.90. The lowest BCUT2D eigenvalue weighted by Crippen LogP contribution is -2.21. The van der Waals surface area contributed by atoms with Gasteiger partial charge in [-0.3, -0.25) is 0 Å². The molecule has 1 aromatic heterocycles. The van der Waals surface area contributed by atoms with Crippen molar-refractivity contribution < 1.29 is 0 Å². The van der Waals surface area contributed by atoms with Gasteiger partial charge in [-0.2, -0.15) is 0 Å². The Kier molecular flexibility index (Phi) is 4.54. The maximum absolute atomic E-state index is 6.22. The molecule has 0 fully saturated rings. The van der Waals surface area contributed by atoms with Gasteiger partial charge in [-0.15, -0.1) is 11.3 Å². The van der Waals surface area contributed by atoms with Crippen molar-refractivity contribution in [3.63, 3.8) is 0 Å². The van der Waals surface area contributed by atoms with Crippen molar-refractivity contribution in [2.75, 3.05) is 6.54 Å². The Labute approximate surface area is 133 Å². The average molecular weight is 317 g/mol. The smallest absolute Gasteiger partial charge is 0.0951 e. The number of benzene rings is 2. The molecule has 0 aliphatic carbocycles. The zero-order valence-corrected chi connectivity index (χ0v) is 13.4. The molecule has 4 heteroatoms. The van der Waals surface area contributed by atoms with E-state index in [9.17, 15) is 0 Å². The van der Waals surface area contributed by atoms with Crippen LogP contribution in [0.2, 0.25) is 5.02 Å². The lowest BCUT2D eigenvalue weighted by atomic mass is 10.1. The zero-order valence-electron chi connectivity index (χ0n) is 11.8. The van der Waals surface area contributed by atoms with Crippen LogP contribution in [0.25, 0.3) is 10.2 Å². The van der Waals surface area contributed by atoms with Crippen LogP contribution >= 0.6 is 22.9 Å². The van der Waals surface area contributed by atoms with Crippen LogP contribution in [0.3, 0.4) is 0 Å². The largest absolute Gasteiger partial charge is 0.310 e. The van der Waals surface area contributed by atoms with E-state index in [0.29, 0.717) is 0 Å². The molecule has 1 N–H and O–H groups in total. The normalized spacial score (nSPS) is 12.7. The van der Waals surface area contributed by atoms with Gasteiger partial charge in [-0.05, 0) is 30.7 Å². The standard InChI is InChI=1S/C17H17ClN2S/c1-12(13-6-2-3-7-14(13)18)19-11-10-17-20-15-8-4-5-9-16(15)21-17/h2-9,12,19H,10-11H2,1H3. The lowest BCUT2D eigenvalue weighted by molar-refractivity contribution is 0.576. The van der Waals surface area contributed by atoms with Crippen molar-refractivity contribution in [3.05, 3.63) is 64.1 Å². The molecule has 0 saturated heterocycles. The number of hydrogen-bond acceptors (Lipinski definition) is 3. The van der Waals surface area contributed by atoms with Crippen LogP contribution in [0.1, 0.15) is 23.5 Å². The molecular weight excluding hydrogens is 300 g/mol. The van der Waals surface area contributed by atoms with Crippen molar-refractivity contribution in [1.82, 2.24) is 10.3 Å². The third-order valence-corrected chi connectivity index (χ3v) is 4.94. The van der Waals surface area contributed by atoms with Gasteiger partial charge in [0.2, 0.25) is 0 Å². The van der Waals surface area contributed by atoms with Crippen molar-refractivity contribution in [2.24, 2.45) is 0 Å². The Morgan fingerprint density at radius 2 is 1.90 bits per heavy atom. The number of thiazole rings is 1. The van der Waals surface area contributed by atoms with Gasteiger partial charge in [0.1, 0.15) is 0 Å². The van der Waals surface area contributed by atoms with Crippen molar-refractivity contribution in [2.45, 2.75) is 19.4 Å². The second-order valence-electron chi connectivity index (χ2n) is 5.02. The minimum atomic E-state index is 0.244. The highest BCUT2D eigenvalue weighted by Crippen LogP contribution is 2.23. The summed E-state index contributed by atoms with van der Waals surface area (Å²) < 4.78 is 1.26. The Balaban J connectivity index is 1.59. The molecule has 3 aromatic rings. The molecule has 1 heterocycles. The van der Waals surface area contributed by atoms with Gasteiger partial charge in [0.25, 0.3) is 0 Å². The first-order valence-corrected chi connectivity index (χ1v) is 8.26. The summed E-state index contributed by atoms with van der Waals surface area (Å²) in [5.41, 5.74) is 2.24. The lowest BCUT2D eigenvalue weighted by Gasteiger charge is -2.15. The topological polar surface area (TPSA) is 24.9 Å². The van der Waals surface area contributed by atoms with E-state index in [0.717, 1.165) is 29.1 Å². The maximum atomic E-state index is 6.22. The highest BCUT2D eigenvalue weighted by molar-refractivity contribution is 7.18. The molecule has 21 heavy (non-hydrogen) atoms. The number of fused-ring (bicyclic) bond motifs is 1. The van der Waals surface area contributed by atoms with Crippen LogP contribution in [-0.2, 0) is 6.42 Å². The fourth-order valence-electron chi connectivity index (χ4n) is 2.36. The number of hydrogen-bond donors (Lipinski definition) is 1. The van der Waals surface area contributed by atoms with E-state index in [-0.39, 0.29) is 6.04 Å². The van der Waals surface area contributed by atoms with Gasteiger partial charge in [0.15, 0.2) is 0 Å². The predicted molar refractivity (Wildman–Crippen MR) is 91.2 cm³/mol. The molecule has 0 spiro atoms. The minimum Gasteiger partial charge on any atom is -0.310 e. The van der Waals surface area contributed by atoms with Crippen LogP contribution in [0.5, 0.6) is 0 Å². The summed E-state index contributed by atoms with van der Waals surface area (Å²) in [5.74, 6) is 0. The van der Waals surface area contributed by atoms with Crippen LogP contribution in [0.15, 0.2) is 48.5 Å². The van der Waals surface area contributed by atoms with Gasteiger partial charge in [-0.1, -0.05) is 41.9 Å². The van der Waals surface area contributed by atoms with Crippen molar-refractivity contribution in [1.29, 1.82) is 0 Å². The van der Waals surface area contributed by atoms with Crippen LogP contribution < -0.4 is 5.32 Å². The zero-order chi connectivity index (χ0) is 14.7. The molecule has 2 nitrogen and oxygen atoms in total. The third kappa shape index (κ3) is 3.43. The number of nitrogens with zero attached hydrogens (tertiary/aromatic N) is 1. The third-order valence-electron chi connectivity index (χ3n) is 3.50. The predicted octanol–water partition coefficient (Wildman–Crippen LogP) is 4.84. The van der Waals surface area contributed by atoms with Crippen molar-refractivity contribution >= 4 is 33.2 Å². The van der Waals surface area contributed by atoms with E-state index in [1.807, 2.05) is 24.3 Å². The first kappa shape index (κ1) is 14.5. The van der Waals surface area contributed by atoms with E-state index in [2.05, 4.69) is 41.5 Å². The fraction of sp³-hybridized carbons (Fsp3) is 0.235. The van der Waals surface area contributed by atoms with Crippen molar-refractivity contribution in [3.8, 4) is 0 Å². The molecule has 108 valence electrons. The van der Waals surface area contributed by atoms with E-state index in [4.69, 9.17) is 11.6 Å². The van der Waals surface area contributed by atoms with Gasteiger partial charge in [0.05, 0.1) is 15.2 Å². The number of aromatic nitrogens is 1. The molecule has 2 aromatic carbocycles. The molecule has 0 saturated carbocycles. The summed E-state index contributed by atoms with van der Waals surface area (Å²) in [4.78, 5) is 4.65. The molecule has 3 rings (SSSR count). The second-order valence-corrected chi connectivity index (χ2v) is 6.55. The summed E-state index contributed by atoms with van der Waals surface area (Å²) in [6, 6.07) is 16.5. The highest BCUT2D eigenvalue weighted by Gasteiger charge is 2.09. The molecule has 1 unspecified atom stereocenters. The first-order valence-electron chi connectivity index (χ1n) is 7.06. The van der Waals surface area contributed by atoms with Crippen LogP contribution in [0, 0.1) is 0 Å². The molecule has 1 atom stereocenters. The number of halogens is 1. The molecule has 0 aliphatic rings. The van der Waals surface area contributed by atoms with E-state index in [1.54, 1.807) is 11.3 Å². The summed E-state index contributed by atoms with van der Waals surface area (Å²) in [7, 11) is 0. The highest BCUT2D eigenvalue weighted by atomic mass is 35.5. The Bertz CT molecular complexity index is 705. The summed E-state index contributed by atoms with van der Waals surface area (Å²) >= 11 is 7.99. The Morgan fingerprint density at radius 3 is 2.71 bits per heavy atom. The molecule has 0 amide bonds. The molecule has 0 radical (unpaired) electrons. The summed E-state index contributed by atoms with van der Waals surface area (Å²) in [5, 5.41) is 5.51. The molecular formula is C17H17ClN2S. The number of para-hydroxylation sites is 1. The fourth-order valence-corrected chi connectivity index (χ4v) is 3.62. The van der Waals surface area contributed by atoms with Crippen LogP contribution in [0.4, 0.5) is 0 Å². The quantitative estimate of drug-likeness (QED) is 0.728. The summed E-state index contributed by atoms with van der Waals surface area (Å²) in [6.45, 7) is 3.03. The number of rotatable bonds is 5. The Hall–Kier alpha value is -1.42. The molecule has 0 bridgehead atoms. The van der Waals surface area contributed by atoms with Gasteiger partial charge in [-0.25, -0.2) is 4.98 Å². The monoisotopic (exact) mass is 316 g/mol. The maximum Gasteiger partial charge on any atom is 0.0951 e. The SMILES string of the molecule is CC(NCCc1nc2ccccc2s1)c1ccccc1Cl. The van der Waals surface area contributed by atoms with Gasteiger partial charge in [0, 0.05) is 24.0 Å². The second kappa shape index (κ2) is 6.56. The molecule has 0 aliphatic heterocycles.